The standard InChI is InChI=1S/C27H24N2O2/c1-18-25(27(30)29-17-7-9-19-8-3-6-12-24(19)29)22-10-4-5-11-23(22)28-26(18)20-13-15-21(31-2)16-14-20/h3-6,8,10-16H,7,9,17H2,1-2H3. The molecule has 31 heavy (non-hydrogen) atoms. The van der Waals surface area contributed by atoms with Gasteiger partial charge in [-0.3, -0.25) is 4.79 Å². The Morgan fingerprint density at radius 3 is 2.52 bits per heavy atom. The van der Waals surface area contributed by atoms with Crippen LogP contribution < -0.4 is 9.64 Å². The normalized spacial score (nSPS) is 13.2. The van der Waals surface area contributed by atoms with Crippen molar-refractivity contribution in [1.82, 2.24) is 4.98 Å². The quantitative estimate of drug-likeness (QED) is 0.429. The minimum atomic E-state index is 0.0398. The first-order valence-electron chi connectivity index (χ1n) is 10.6. The number of amides is 1. The number of carbonyl (C=O) groups excluding carboxylic acids is 1. The highest BCUT2D eigenvalue weighted by Gasteiger charge is 2.27. The van der Waals surface area contributed by atoms with Crippen LogP contribution >= 0.6 is 0 Å². The van der Waals surface area contributed by atoms with Gasteiger partial charge in [0.25, 0.3) is 5.91 Å². The van der Waals surface area contributed by atoms with Crippen LogP contribution in [-0.4, -0.2) is 24.5 Å². The van der Waals surface area contributed by atoms with Crippen LogP contribution in [0.1, 0.15) is 27.9 Å². The number of aryl methyl sites for hydroxylation is 1. The zero-order valence-electron chi connectivity index (χ0n) is 17.8. The van der Waals surface area contributed by atoms with E-state index >= 15 is 0 Å². The van der Waals surface area contributed by atoms with E-state index in [4.69, 9.17) is 9.72 Å². The summed E-state index contributed by atoms with van der Waals surface area (Å²) in [6, 6.07) is 24.0. The fourth-order valence-electron chi connectivity index (χ4n) is 4.49. The molecule has 5 rings (SSSR count). The summed E-state index contributed by atoms with van der Waals surface area (Å²) in [6.07, 6.45) is 1.98. The topological polar surface area (TPSA) is 42.4 Å². The smallest absolute Gasteiger partial charge is 0.259 e. The van der Waals surface area contributed by atoms with Crippen LogP contribution in [-0.2, 0) is 6.42 Å². The van der Waals surface area contributed by atoms with Gasteiger partial charge >= 0.3 is 0 Å². The second-order valence-electron chi connectivity index (χ2n) is 7.90. The molecule has 0 bridgehead atoms. The van der Waals surface area contributed by atoms with Crippen molar-refractivity contribution in [2.75, 3.05) is 18.6 Å². The molecule has 0 unspecified atom stereocenters. The van der Waals surface area contributed by atoms with Gasteiger partial charge in [-0.2, -0.15) is 0 Å². The Labute approximate surface area is 182 Å². The zero-order valence-corrected chi connectivity index (χ0v) is 17.8. The van der Waals surface area contributed by atoms with Gasteiger partial charge in [0.1, 0.15) is 5.75 Å². The Morgan fingerprint density at radius 1 is 0.968 bits per heavy atom. The highest BCUT2D eigenvalue weighted by Crippen LogP contribution is 2.34. The summed E-state index contributed by atoms with van der Waals surface area (Å²) in [4.78, 5) is 20.8. The molecule has 0 radical (unpaired) electrons. The molecule has 3 aromatic carbocycles. The average Bonchev–Trinajstić information content (AvgIpc) is 2.83. The predicted octanol–water partition coefficient (Wildman–Crippen LogP) is 5.81. The van der Waals surface area contributed by atoms with Gasteiger partial charge in [-0.05, 0) is 67.3 Å². The molecule has 154 valence electrons. The molecule has 0 atom stereocenters. The number of aromatic nitrogens is 1. The minimum absolute atomic E-state index is 0.0398. The van der Waals surface area contributed by atoms with E-state index in [1.165, 1.54) is 5.56 Å². The highest BCUT2D eigenvalue weighted by atomic mass is 16.5. The molecule has 1 aliphatic heterocycles. The third-order valence-corrected chi connectivity index (χ3v) is 6.07. The molecule has 4 aromatic rings. The van der Waals surface area contributed by atoms with Crippen molar-refractivity contribution < 1.29 is 9.53 Å². The molecule has 1 aromatic heterocycles. The van der Waals surface area contributed by atoms with Crippen molar-refractivity contribution in [2.24, 2.45) is 0 Å². The SMILES string of the molecule is COc1ccc(-c2nc3ccccc3c(C(=O)N3CCCc4ccccc43)c2C)cc1. The Kier molecular flexibility index (Phi) is 4.91. The number of para-hydroxylation sites is 2. The first-order chi connectivity index (χ1) is 15.2. The molecule has 0 spiro atoms. The number of hydrogen-bond acceptors (Lipinski definition) is 3. The van der Waals surface area contributed by atoms with E-state index in [1.807, 2.05) is 72.5 Å². The molecule has 1 amide bonds. The minimum Gasteiger partial charge on any atom is -0.497 e. The van der Waals surface area contributed by atoms with Gasteiger partial charge in [0, 0.05) is 23.2 Å². The van der Waals surface area contributed by atoms with Crippen molar-refractivity contribution in [1.29, 1.82) is 0 Å². The van der Waals surface area contributed by atoms with E-state index in [-0.39, 0.29) is 5.91 Å². The van der Waals surface area contributed by atoms with Crippen LogP contribution in [0.4, 0.5) is 5.69 Å². The average molecular weight is 409 g/mol. The van der Waals surface area contributed by atoms with Gasteiger partial charge in [0.2, 0.25) is 0 Å². The van der Waals surface area contributed by atoms with Crippen molar-refractivity contribution in [3.8, 4) is 17.0 Å². The first kappa shape index (κ1) is 19.3. The summed E-state index contributed by atoms with van der Waals surface area (Å²) in [5.74, 6) is 0.835. The second kappa shape index (κ2) is 7.88. The number of nitrogens with zero attached hydrogens (tertiary/aromatic N) is 2. The van der Waals surface area contributed by atoms with Gasteiger partial charge in [-0.1, -0.05) is 36.4 Å². The number of pyridine rings is 1. The van der Waals surface area contributed by atoms with Crippen molar-refractivity contribution >= 4 is 22.5 Å². The molecule has 0 aliphatic carbocycles. The maximum atomic E-state index is 14.0. The maximum absolute atomic E-state index is 14.0. The van der Waals surface area contributed by atoms with Gasteiger partial charge in [0.05, 0.1) is 23.9 Å². The van der Waals surface area contributed by atoms with Crippen LogP contribution in [0.5, 0.6) is 5.75 Å². The van der Waals surface area contributed by atoms with Crippen LogP contribution in [0, 0.1) is 6.92 Å². The maximum Gasteiger partial charge on any atom is 0.259 e. The highest BCUT2D eigenvalue weighted by molar-refractivity contribution is 6.16. The van der Waals surface area contributed by atoms with Crippen LogP contribution in [0.2, 0.25) is 0 Å². The van der Waals surface area contributed by atoms with E-state index in [0.29, 0.717) is 0 Å². The van der Waals surface area contributed by atoms with Gasteiger partial charge in [-0.25, -0.2) is 4.98 Å². The van der Waals surface area contributed by atoms with Gasteiger partial charge in [-0.15, -0.1) is 0 Å². The number of rotatable bonds is 3. The lowest BCUT2D eigenvalue weighted by atomic mass is 9.95. The Bertz CT molecular complexity index is 1280. The molecule has 1 aliphatic rings. The van der Waals surface area contributed by atoms with Crippen molar-refractivity contribution in [3.63, 3.8) is 0 Å². The fraction of sp³-hybridized carbons (Fsp3) is 0.185. The molecule has 0 saturated carbocycles. The molecule has 4 heteroatoms. The fourth-order valence-corrected chi connectivity index (χ4v) is 4.49. The summed E-state index contributed by atoms with van der Waals surface area (Å²) >= 11 is 0. The molecular formula is C27H24N2O2. The summed E-state index contributed by atoms with van der Waals surface area (Å²) in [6.45, 7) is 2.73. The van der Waals surface area contributed by atoms with Gasteiger partial charge in [0.15, 0.2) is 0 Å². The number of carbonyl (C=O) groups is 1. The van der Waals surface area contributed by atoms with E-state index < -0.39 is 0 Å². The number of methoxy groups -OCH3 is 1. The van der Waals surface area contributed by atoms with E-state index in [2.05, 4.69) is 12.1 Å². The van der Waals surface area contributed by atoms with Crippen LogP contribution in [0.15, 0.2) is 72.8 Å². The number of hydrogen-bond donors (Lipinski definition) is 0. The first-order valence-corrected chi connectivity index (χ1v) is 10.6. The van der Waals surface area contributed by atoms with Gasteiger partial charge < -0.3 is 9.64 Å². The lowest BCUT2D eigenvalue weighted by Crippen LogP contribution is -2.36. The summed E-state index contributed by atoms with van der Waals surface area (Å²) in [5, 5.41) is 0.894. The predicted molar refractivity (Wildman–Crippen MR) is 125 cm³/mol. The Hall–Kier alpha value is -3.66. The number of ether oxygens (including phenoxy) is 1. The summed E-state index contributed by atoms with van der Waals surface area (Å²) in [5.41, 5.74) is 6.50. The van der Waals surface area contributed by atoms with Crippen molar-refractivity contribution in [2.45, 2.75) is 19.8 Å². The Morgan fingerprint density at radius 2 is 1.71 bits per heavy atom. The van der Waals surface area contributed by atoms with E-state index in [9.17, 15) is 4.79 Å². The van der Waals surface area contributed by atoms with E-state index in [0.717, 1.165) is 64.1 Å². The third kappa shape index (κ3) is 3.34. The summed E-state index contributed by atoms with van der Waals surface area (Å²) in [7, 11) is 1.65. The number of anilines is 1. The summed E-state index contributed by atoms with van der Waals surface area (Å²) < 4.78 is 5.30. The molecule has 0 saturated heterocycles. The lowest BCUT2D eigenvalue weighted by molar-refractivity contribution is 0.0986. The molecule has 2 heterocycles. The molecule has 0 fully saturated rings. The molecular weight excluding hydrogens is 384 g/mol. The number of benzene rings is 3. The van der Waals surface area contributed by atoms with Crippen molar-refractivity contribution in [3.05, 3.63) is 89.5 Å². The van der Waals surface area contributed by atoms with E-state index in [1.54, 1.807) is 7.11 Å². The Balaban J connectivity index is 1.69. The zero-order chi connectivity index (χ0) is 21.4. The second-order valence-corrected chi connectivity index (χ2v) is 7.90. The molecule has 0 N–H and O–H groups in total. The lowest BCUT2D eigenvalue weighted by Gasteiger charge is -2.30. The van der Waals surface area contributed by atoms with Crippen LogP contribution in [0.3, 0.4) is 0 Å². The third-order valence-electron chi connectivity index (χ3n) is 6.07. The largest absolute Gasteiger partial charge is 0.497 e. The molecule has 4 nitrogen and oxygen atoms in total. The van der Waals surface area contributed by atoms with Crippen LogP contribution in [0.25, 0.3) is 22.2 Å². The number of fused-ring (bicyclic) bond motifs is 2. The monoisotopic (exact) mass is 408 g/mol.